The molecule has 9 nitrogen and oxygen atoms in total. The van der Waals surface area contributed by atoms with Gasteiger partial charge in [-0.05, 0) is 53.7 Å². The molecule has 10 heteroatoms. The Morgan fingerprint density at radius 3 is 1.97 bits per heavy atom. The van der Waals surface area contributed by atoms with Crippen LogP contribution in [-0.2, 0) is 23.8 Å². The van der Waals surface area contributed by atoms with Gasteiger partial charge in [-0.2, -0.15) is 0 Å². The lowest BCUT2D eigenvalue weighted by Crippen LogP contribution is -2.51. The van der Waals surface area contributed by atoms with Crippen molar-refractivity contribution < 1.29 is 28.6 Å². The maximum atomic E-state index is 13.0. The van der Waals surface area contributed by atoms with Gasteiger partial charge in [-0.3, -0.25) is 9.59 Å². The van der Waals surface area contributed by atoms with Crippen LogP contribution < -0.4 is 0 Å². The van der Waals surface area contributed by atoms with Crippen molar-refractivity contribution in [1.29, 1.82) is 0 Å². The standard InChI is InChI=1S/C24H35N3O6S/c1-14-10-26(11-15(2)31-14)22(28)18(5)33-24(30)20-8-7-9-25-21(20)34-19(6)23(29)27-12-16(3)32-17(4)13-27/h7-9,14-19H,10-13H2,1-6H3. The minimum atomic E-state index is -0.946. The maximum absolute atomic E-state index is 13.0. The average Bonchev–Trinajstić information content (AvgIpc) is 2.76. The van der Waals surface area contributed by atoms with Crippen LogP contribution in [0.3, 0.4) is 0 Å². The van der Waals surface area contributed by atoms with Gasteiger partial charge >= 0.3 is 5.97 Å². The van der Waals surface area contributed by atoms with Crippen LogP contribution in [0.2, 0.25) is 0 Å². The quantitative estimate of drug-likeness (QED) is 0.440. The number of ether oxygens (including phenoxy) is 3. The van der Waals surface area contributed by atoms with Crippen LogP contribution in [0.15, 0.2) is 23.4 Å². The highest BCUT2D eigenvalue weighted by molar-refractivity contribution is 8.00. The Kier molecular flexibility index (Phi) is 8.95. The molecule has 2 aliphatic rings. The monoisotopic (exact) mass is 493 g/mol. The molecule has 34 heavy (non-hydrogen) atoms. The zero-order valence-corrected chi connectivity index (χ0v) is 21.5. The first-order valence-corrected chi connectivity index (χ1v) is 12.6. The van der Waals surface area contributed by atoms with E-state index in [-0.39, 0.29) is 41.8 Å². The molecule has 6 atom stereocenters. The molecule has 2 amide bonds. The summed E-state index contributed by atoms with van der Waals surface area (Å²) in [7, 11) is 0. The third-order valence-corrected chi connectivity index (χ3v) is 6.83. The summed E-state index contributed by atoms with van der Waals surface area (Å²) in [5.74, 6) is -0.928. The number of amides is 2. The number of aromatic nitrogens is 1. The predicted octanol–water partition coefficient (Wildman–Crippen LogP) is 2.38. The summed E-state index contributed by atoms with van der Waals surface area (Å²) in [6, 6.07) is 3.24. The zero-order chi connectivity index (χ0) is 25.0. The molecule has 1 aromatic rings. The maximum Gasteiger partial charge on any atom is 0.341 e. The fourth-order valence-electron chi connectivity index (χ4n) is 4.36. The number of nitrogens with zero attached hydrogens (tertiary/aromatic N) is 3. The Balaban J connectivity index is 1.64. The average molecular weight is 494 g/mol. The highest BCUT2D eigenvalue weighted by Crippen LogP contribution is 2.28. The van der Waals surface area contributed by atoms with E-state index in [9.17, 15) is 14.4 Å². The molecule has 0 aliphatic carbocycles. The second kappa shape index (κ2) is 11.5. The van der Waals surface area contributed by atoms with E-state index in [0.29, 0.717) is 31.2 Å². The lowest BCUT2D eigenvalue weighted by Gasteiger charge is -2.36. The van der Waals surface area contributed by atoms with Gasteiger partial charge in [0, 0.05) is 32.4 Å². The lowest BCUT2D eigenvalue weighted by molar-refractivity contribution is -0.151. The van der Waals surface area contributed by atoms with E-state index in [1.807, 2.05) is 27.7 Å². The zero-order valence-electron chi connectivity index (χ0n) is 20.7. The summed E-state index contributed by atoms with van der Waals surface area (Å²) in [5.41, 5.74) is 0.235. The van der Waals surface area contributed by atoms with Crippen LogP contribution in [-0.4, -0.2) is 94.5 Å². The second-order valence-electron chi connectivity index (χ2n) is 9.16. The van der Waals surface area contributed by atoms with Gasteiger partial charge in [0.15, 0.2) is 6.10 Å². The van der Waals surface area contributed by atoms with Crippen molar-refractivity contribution in [3.8, 4) is 0 Å². The largest absolute Gasteiger partial charge is 0.449 e. The molecule has 6 unspecified atom stereocenters. The molecule has 2 fully saturated rings. The van der Waals surface area contributed by atoms with E-state index in [0.717, 1.165) is 0 Å². The summed E-state index contributed by atoms with van der Waals surface area (Å²) in [5, 5.41) is -0.0506. The first kappa shape index (κ1) is 26.4. The van der Waals surface area contributed by atoms with Gasteiger partial charge in [-0.1, -0.05) is 11.8 Å². The molecular weight excluding hydrogens is 458 g/mol. The summed E-state index contributed by atoms with van der Waals surface area (Å²) in [6.07, 6.45) is 0.420. The van der Waals surface area contributed by atoms with Gasteiger partial charge < -0.3 is 24.0 Å². The Morgan fingerprint density at radius 1 is 0.941 bits per heavy atom. The van der Waals surface area contributed by atoms with Crippen molar-refractivity contribution in [2.75, 3.05) is 26.2 Å². The minimum absolute atomic E-state index is 0.0262. The highest BCUT2D eigenvalue weighted by atomic mass is 32.2. The molecular formula is C24H35N3O6S. The first-order valence-electron chi connectivity index (χ1n) is 11.8. The van der Waals surface area contributed by atoms with Crippen molar-refractivity contribution in [2.24, 2.45) is 0 Å². The SMILES string of the molecule is CC1CN(C(=O)C(C)OC(=O)c2cccnc2SC(C)C(=O)N2CC(C)OC(C)C2)CC(C)O1. The van der Waals surface area contributed by atoms with Crippen LogP contribution in [0, 0.1) is 0 Å². The molecule has 2 aliphatic heterocycles. The normalized spacial score (nSPS) is 27.1. The van der Waals surface area contributed by atoms with Crippen molar-refractivity contribution in [2.45, 2.75) is 82.3 Å². The Morgan fingerprint density at radius 2 is 1.44 bits per heavy atom. The molecule has 1 aromatic heterocycles. The van der Waals surface area contributed by atoms with Gasteiger partial charge in [-0.15, -0.1) is 0 Å². The molecule has 0 spiro atoms. The first-order chi connectivity index (χ1) is 16.0. The molecule has 0 aromatic carbocycles. The van der Waals surface area contributed by atoms with Gasteiger partial charge in [0.05, 0.1) is 35.2 Å². The molecule has 3 rings (SSSR count). The topological polar surface area (TPSA) is 98.3 Å². The van der Waals surface area contributed by atoms with Crippen LogP contribution in [0.25, 0.3) is 0 Å². The fraction of sp³-hybridized carbons (Fsp3) is 0.667. The molecule has 188 valence electrons. The lowest BCUT2D eigenvalue weighted by atomic mass is 10.2. The van der Waals surface area contributed by atoms with E-state index in [1.165, 1.54) is 11.8 Å². The summed E-state index contributed by atoms with van der Waals surface area (Å²) in [6.45, 7) is 13.1. The van der Waals surface area contributed by atoms with Gasteiger partial charge in [-0.25, -0.2) is 9.78 Å². The van der Waals surface area contributed by atoms with Gasteiger partial charge in [0.1, 0.15) is 5.03 Å². The Hall–Kier alpha value is -2.17. The number of hydrogen-bond donors (Lipinski definition) is 0. The van der Waals surface area contributed by atoms with Crippen LogP contribution in [0.5, 0.6) is 0 Å². The molecule has 0 bridgehead atoms. The van der Waals surface area contributed by atoms with E-state index < -0.39 is 17.3 Å². The number of hydrogen-bond acceptors (Lipinski definition) is 8. The number of carbonyl (C=O) groups is 3. The van der Waals surface area contributed by atoms with Crippen molar-refractivity contribution in [3.63, 3.8) is 0 Å². The van der Waals surface area contributed by atoms with Crippen molar-refractivity contribution >= 4 is 29.5 Å². The summed E-state index contributed by atoms with van der Waals surface area (Å²) in [4.78, 5) is 46.6. The molecule has 2 saturated heterocycles. The van der Waals surface area contributed by atoms with E-state index in [2.05, 4.69) is 4.98 Å². The minimum Gasteiger partial charge on any atom is -0.449 e. The molecule has 0 N–H and O–H groups in total. The van der Waals surface area contributed by atoms with Crippen LogP contribution in [0.4, 0.5) is 0 Å². The number of esters is 1. The smallest absolute Gasteiger partial charge is 0.341 e. The van der Waals surface area contributed by atoms with Gasteiger partial charge in [0.25, 0.3) is 5.91 Å². The van der Waals surface area contributed by atoms with Crippen molar-refractivity contribution in [1.82, 2.24) is 14.8 Å². The predicted molar refractivity (Wildman–Crippen MR) is 128 cm³/mol. The Labute approximate surface area is 205 Å². The molecule has 0 radical (unpaired) electrons. The number of carbonyl (C=O) groups excluding carboxylic acids is 3. The van der Waals surface area contributed by atoms with Gasteiger partial charge in [0.2, 0.25) is 5.91 Å². The van der Waals surface area contributed by atoms with Crippen molar-refractivity contribution in [3.05, 3.63) is 23.9 Å². The van der Waals surface area contributed by atoms with E-state index >= 15 is 0 Å². The molecule has 0 saturated carbocycles. The number of pyridine rings is 1. The highest BCUT2D eigenvalue weighted by Gasteiger charge is 2.32. The second-order valence-corrected chi connectivity index (χ2v) is 10.5. The number of morpholine rings is 2. The van der Waals surface area contributed by atoms with E-state index in [4.69, 9.17) is 14.2 Å². The summed E-state index contributed by atoms with van der Waals surface area (Å²) < 4.78 is 16.9. The third-order valence-electron chi connectivity index (χ3n) is 5.72. The number of rotatable bonds is 6. The van der Waals surface area contributed by atoms with Crippen LogP contribution in [0.1, 0.15) is 51.9 Å². The molecule has 3 heterocycles. The third kappa shape index (κ3) is 6.70. The van der Waals surface area contributed by atoms with E-state index in [1.54, 1.807) is 42.0 Å². The number of thioether (sulfide) groups is 1. The Bertz CT molecular complexity index is 879. The summed E-state index contributed by atoms with van der Waals surface area (Å²) >= 11 is 1.21. The van der Waals surface area contributed by atoms with Crippen LogP contribution >= 0.6 is 11.8 Å². The fourth-order valence-corrected chi connectivity index (χ4v) is 5.35.